The van der Waals surface area contributed by atoms with Gasteiger partial charge in [0.1, 0.15) is 0 Å². The number of anilines is 1. The molecule has 1 aromatic rings. The van der Waals surface area contributed by atoms with Crippen molar-refractivity contribution in [3.05, 3.63) is 17.8 Å². The van der Waals surface area contributed by atoms with Crippen molar-refractivity contribution in [2.24, 2.45) is 5.92 Å². The van der Waals surface area contributed by atoms with E-state index in [0.717, 1.165) is 25.3 Å². The standard InChI is InChI=1S/C15H21FN4O/c16-10-12-6-9-20(11-12)15(21)13-4-5-14(18-17-13)19-7-2-1-3-8-19/h4-5,12H,1-3,6-11H2. The zero-order valence-corrected chi connectivity index (χ0v) is 12.2. The van der Waals surface area contributed by atoms with Crippen LogP contribution in [0.5, 0.6) is 0 Å². The maximum atomic E-state index is 12.6. The van der Waals surface area contributed by atoms with Crippen LogP contribution in [0.1, 0.15) is 36.2 Å². The minimum Gasteiger partial charge on any atom is -0.355 e. The molecule has 0 aromatic carbocycles. The number of hydrogen-bond acceptors (Lipinski definition) is 4. The van der Waals surface area contributed by atoms with Gasteiger partial charge in [0.15, 0.2) is 11.5 Å². The van der Waals surface area contributed by atoms with Gasteiger partial charge in [0.05, 0.1) is 6.67 Å². The highest BCUT2D eigenvalue weighted by Crippen LogP contribution is 2.20. The molecule has 21 heavy (non-hydrogen) atoms. The van der Waals surface area contributed by atoms with Crippen molar-refractivity contribution in [3.63, 3.8) is 0 Å². The quantitative estimate of drug-likeness (QED) is 0.854. The van der Waals surface area contributed by atoms with Gasteiger partial charge in [0.25, 0.3) is 5.91 Å². The van der Waals surface area contributed by atoms with Gasteiger partial charge in [-0.25, -0.2) is 0 Å². The summed E-state index contributed by atoms with van der Waals surface area (Å²) in [7, 11) is 0. The number of piperidine rings is 1. The van der Waals surface area contributed by atoms with Crippen LogP contribution in [0.15, 0.2) is 12.1 Å². The lowest BCUT2D eigenvalue weighted by molar-refractivity contribution is 0.0778. The van der Waals surface area contributed by atoms with Crippen LogP contribution in [0.3, 0.4) is 0 Å². The Kier molecular flexibility index (Phi) is 4.31. The van der Waals surface area contributed by atoms with Crippen molar-refractivity contribution in [2.75, 3.05) is 37.8 Å². The van der Waals surface area contributed by atoms with E-state index in [1.807, 2.05) is 6.07 Å². The van der Waals surface area contributed by atoms with E-state index in [4.69, 9.17) is 0 Å². The van der Waals surface area contributed by atoms with E-state index in [0.29, 0.717) is 18.8 Å². The summed E-state index contributed by atoms with van der Waals surface area (Å²) in [4.78, 5) is 16.2. The number of amides is 1. The van der Waals surface area contributed by atoms with E-state index in [-0.39, 0.29) is 18.5 Å². The Morgan fingerprint density at radius 1 is 1.19 bits per heavy atom. The largest absolute Gasteiger partial charge is 0.355 e. The summed E-state index contributed by atoms with van der Waals surface area (Å²) in [6, 6.07) is 3.61. The molecule has 6 heteroatoms. The molecule has 2 aliphatic rings. The van der Waals surface area contributed by atoms with Gasteiger partial charge in [0, 0.05) is 32.1 Å². The average molecular weight is 292 g/mol. The zero-order chi connectivity index (χ0) is 14.7. The predicted molar refractivity (Wildman–Crippen MR) is 78.1 cm³/mol. The van der Waals surface area contributed by atoms with Crippen LogP contribution in [0, 0.1) is 5.92 Å². The second-order valence-corrected chi connectivity index (χ2v) is 5.88. The number of hydrogen-bond donors (Lipinski definition) is 0. The molecule has 2 aliphatic heterocycles. The Labute approximate surface area is 124 Å². The van der Waals surface area contributed by atoms with Crippen LogP contribution in [0.4, 0.5) is 10.2 Å². The predicted octanol–water partition coefficient (Wildman–Crippen LogP) is 1.90. The molecule has 0 aliphatic carbocycles. The Bertz CT molecular complexity index is 487. The maximum absolute atomic E-state index is 12.6. The van der Waals surface area contributed by atoms with Crippen LogP contribution in [0.2, 0.25) is 0 Å². The van der Waals surface area contributed by atoms with Gasteiger partial charge >= 0.3 is 0 Å². The molecule has 3 rings (SSSR count). The van der Waals surface area contributed by atoms with Crippen LogP contribution >= 0.6 is 0 Å². The first-order valence-corrected chi connectivity index (χ1v) is 7.72. The minimum absolute atomic E-state index is 0.0190. The molecule has 2 saturated heterocycles. The van der Waals surface area contributed by atoms with Crippen molar-refractivity contribution >= 4 is 11.7 Å². The van der Waals surface area contributed by atoms with Crippen molar-refractivity contribution in [2.45, 2.75) is 25.7 Å². The van der Waals surface area contributed by atoms with Gasteiger partial charge in [-0.3, -0.25) is 9.18 Å². The molecule has 0 N–H and O–H groups in total. The first kappa shape index (κ1) is 14.2. The smallest absolute Gasteiger partial charge is 0.274 e. The van der Waals surface area contributed by atoms with E-state index in [2.05, 4.69) is 15.1 Å². The molecule has 0 spiro atoms. The van der Waals surface area contributed by atoms with Gasteiger partial charge in [0.2, 0.25) is 0 Å². The Morgan fingerprint density at radius 3 is 2.62 bits per heavy atom. The highest BCUT2D eigenvalue weighted by Gasteiger charge is 2.27. The first-order valence-electron chi connectivity index (χ1n) is 7.72. The fraction of sp³-hybridized carbons (Fsp3) is 0.667. The molecule has 5 nitrogen and oxygen atoms in total. The molecule has 1 unspecified atom stereocenters. The lowest BCUT2D eigenvalue weighted by Crippen LogP contribution is -2.32. The third-order valence-electron chi connectivity index (χ3n) is 4.34. The van der Waals surface area contributed by atoms with E-state index >= 15 is 0 Å². The molecule has 1 aromatic heterocycles. The highest BCUT2D eigenvalue weighted by atomic mass is 19.1. The Morgan fingerprint density at radius 2 is 2.00 bits per heavy atom. The first-order chi connectivity index (χ1) is 10.3. The van der Waals surface area contributed by atoms with E-state index in [1.165, 1.54) is 19.3 Å². The van der Waals surface area contributed by atoms with Gasteiger partial charge in [-0.1, -0.05) is 0 Å². The molecular formula is C15H21FN4O. The number of carbonyl (C=O) groups is 1. The summed E-state index contributed by atoms with van der Waals surface area (Å²) in [5.41, 5.74) is 0.357. The Balaban J connectivity index is 1.65. The molecule has 1 atom stereocenters. The lowest BCUT2D eigenvalue weighted by atomic mass is 10.1. The third kappa shape index (κ3) is 3.14. The maximum Gasteiger partial charge on any atom is 0.274 e. The van der Waals surface area contributed by atoms with E-state index in [1.54, 1.807) is 11.0 Å². The molecule has 2 fully saturated rings. The molecule has 0 bridgehead atoms. The number of aromatic nitrogens is 2. The van der Waals surface area contributed by atoms with Crippen LogP contribution in [-0.4, -0.2) is 53.9 Å². The van der Waals surface area contributed by atoms with E-state index < -0.39 is 0 Å². The van der Waals surface area contributed by atoms with Crippen molar-refractivity contribution in [1.29, 1.82) is 0 Å². The fourth-order valence-electron chi connectivity index (χ4n) is 3.04. The topological polar surface area (TPSA) is 49.3 Å². The van der Waals surface area contributed by atoms with Gasteiger partial charge < -0.3 is 9.80 Å². The van der Waals surface area contributed by atoms with Crippen molar-refractivity contribution in [3.8, 4) is 0 Å². The molecule has 114 valence electrons. The second-order valence-electron chi connectivity index (χ2n) is 5.88. The molecule has 0 saturated carbocycles. The fourth-order valence-corrected chi connectivity index (χ4v) is 3.04. The summed E-state index contributed by atoms with van der Waals surface area (Å²) in [5.74, 6) is 0.687. The number of rotatable bonds is 3. The number of alkyl halides is 1. The van der Waals surface area contributed by atoms with Gasteiger partial charge in [-0.2, -0.15) is 0 Å². The second kappa shape index (κ2) is 6.37. The molecular weight excluding hydrogens is 271 g/mol. The number of carbonyl (C=O) groups excluding carboxylic acids is 1. The molecule has 1 amide bonds. The number of nitrogens with zero attached hydrogens (tertiary/aromatic N) is 4. The van der Waals surface area contributed by atoms with Gasteiger partial charge in [-0.05, 0) is 37.8 Å². The van der Waals surface area contributed by atoms with Crippen LogP contribution in [0.25, 0.3) is 0 Å². The molecule has 0 radical (unpaired) electrons. The van der Waals surface area contributed by atoms with Crippen molar-refractivity contribution in [1.82, 2.24) is 15.1 Å². The average Bonchev–Trinajstić information content (AvgIpc) is 3.04. The van der Waals surface area contributed by atoms with Gasteiger partial charge in [-0.15, -0.1) is 10.2 Å². The normalized spacial score (nSPS) is 22.6. The lowest BCUT2D eigenvalue weighted by Gasteiger charge is -2.27. The van der Waals surface area contributed by atoms with Crippen LogP contribution < -0.4 is 4.90 Å². The summed E-state index contributed by atoms with van der Waals surface area (Å²) >= 11 is 0. The van der Waals surface area contributed by atoms with Crippen LogP contribution in [-0.2, 0) is 0 Å². The van der Waals surface area contributed by atoms with Crippen molar-refractivity contribution < 1.29 is 9.18 Å². The zero-order valence-electron chi connectivity index (χ0n) is 12.2. The summed E-state index contributed by atoms with van der Waals surface area (Å²) in [6.07, 6.45) is 4.37. The highest BCUT2D eigenvalue weighted by molar-refractivity contribution is 5.92. The summed E-state index contributed by atoms with van der Waals surface area (Å²) in [6.45, 7) is 2.76. The SMILES string of the molecule is O=C(c1ccc(N2CCCCC2)nn1)N1CCC(CF)C1. The number of halogens is 1. The molecule has 3 heterocycles. The monoisotopic (exact) mass is 292 g/mol. The Hall–Kier alpha value is -1.72. The number of likely N-dealkylation sites (tertiary alicyclic amines) is 1. The summed E-state index contributed by atoms with van der Waals surface area (Å²) < 4.78 is 12.6. The third-order valence-corrected chi connectivity index (χ3v) is 4.34. The minimum atomic E-state index is -0.358. The van der Waals surface area contributed by atoms with E-state index in [9.17, 15) is 9.18 Å². The summed E-state index contributed by atoms with van der Waals surface area (Å²) in [5, 5.41) is 8.26.